The van der Waals surface area contributed by atoms with Crippen LogP contribution in [0.5, 0.6) is 0 Å². The fourth-order valence-electron chi connectivity index (χ4n) is 1.61. The van der Waals surface area contributed by atoms with Crippen LogP contribution in [-0.2, 0) is 9.53 Å². The first-order chi connectivity index (χ1) is 10.5. The average Bonchev–Trinajstić information content (AvgIpc) is 2.48. The molecule has 2 rings (SSSR count). The van der Waals surface area contributed by atoms with Crippen molar-refractivity contribution in [3.63, 3.8) is 0 Å². The Hall–Kier alpha value is -1.48. The van der Waals surface area contributed by atoms with Gasteiger partial charge in [-0.3, -0.25) is 4.79 Å². The number of carbonyl (C=O) groups is 2. The predicted molar refractivity (Wildman–Crippen MR) is 92.2 cm³/mol. The topological polar surface area (TPSA) is 55.4 Å². The van der Waals surface area contributed by atoms with Gasteiger partial charge in [0.05, 0.1) is 11.3 Å². The Kier molecular flexibility index (Phi) is 5.90. The van der Waals surface area contributed by atoms with Crippen LogP contribution in [-0.4, -0.2) is 18.5 Å². The Morgan fingerprint density at radius 2 is 1.95 bits per heavy atom. The molecule has 0 aliphatic rings. The molecule has 0 aromatic heterocycles. The summed E-state index contributed by atoms with van der Waals surface area (Å²) in [5.74, 6) is -1.79. The fourth-order valence-corrected chi connectivity index (χ4v) is 2.55. The molecular formula is C15H10BrFINO3. The van der Waals surface area contributed by atoms with Gasteiger partial charge in [-0.2, -0.15) is 0 Å². The van der Waals surface area contributed by atoms with E-state index in [1.807, 2.05) is 22.6 Å². The molecule has 7 heteroatoms. The Morgan fingerprint density at radius 3 is 2.64 bits per heavy atom. The number of anilines is 1. The summed E-state index contributed by atoms with van der Waals surface area (Å²) in [5.41, 5.74) is 0.407. The monoisotopic (exact) mass is 477 g/mol. The summed E-state index contributed by atoms with van der Waals surface area (Å²) in [6.07, 6.45) is 0. The number of halogens is 3. The van der Waals surface area contributed by atoms with Crippen LogP contribution in [0.15, 0.2) is 46.9 Å². The second-order valence-corrected chi connectivity index (χ2v) is 6.31. The molecule has 114 valence electrons. The summed E-state index contributed by atoms with van der Waals surface area (Å²) >= 11 is 5.13. The summed E-state index contributed by atoms with van der Waals surface area (Å²) in [4.78, 5) is 23.5. The van der Waals surface area contributed by atoms with E-state index in [1.165, 1.54) is 12.1 Å². The molecule has 0 saturated heterocycles. The SMILES string of the molecule is O=C(COC(=O)c1ccccc1I)Nc1ccc(Br)cc1F. The van der Waals surface area contributed by atoms with Crippen molar-refractivity contribution in [2.24, 2.45) is 0 Å². The molecule has 0 bridgehead atoms. The van der Waals surface area contributed by atoms with Crippen LogP contribution < -0.4 is 5.32 Å². The van der Waals surface area contributed by atoms with Crippen molar-refractivity contribution in [2.45, 2.75) is 0 Å². The van der Waals surface area contributed by atoms with Crippen LogP contribution in [0.3, 0.4) is 0 Å². The van der Waals surface area contributed by atoms with Crippen molar-refractivity contribution in [1.29, 1.82) is 0 Å². The number of ether oxygens (including phenoxy) is 1. The molecule has 0 aliphatic carbocycles. The zero-order chi connectivity index (χ0) is 16.1. The molecular weight excluding hydrogens is 468 g/mol. The second-order valence-electron chi connectivity index (χ2n) is 4.23. The molecule has 0 atom stereocenters. The molecule has 1 N–H and O–H groups in total. The van der Waals surface area contributed by atoms with Crippen LogP contribution in [0.2, 0.25) is 0 Å². The maximum atomic E-state index is 13.6. The fraction of sp³-hybridized carbons (Fsp3) is 0.0667. The number of hydrogen-bond donors (Lipinski definition) is 1. The van der Waals surface area contributed by atoms with Crippen molar-refractivity contribution >= 4 is 56.1 Å². The molecule has 1 amide bonds. The summed E-state index contributed by atoms with van der Waals surface area (Å²) in [7, 11) is 0. The summed E-state index contributed by atoms with van der Waals surface area (Å²) in [6, 6.07) is 11.1. The standard InChI is InChI=1S/C15H10BrFINO3/c16-9-5-6-13(11(17)7-9)19-14(20)8-22-15(21)10-3-1-2-4-12(10)18/h1-7H,8H2,(H,19,20). The second kappa shape index (κ2) is 7.68. The maximum absolute atomic E-state index is 13.6. The minimum Gasteiger partial charge on any atom is -0.452 e. The Morgan fingerprint density at radius 1 is 1.23 bits per heavy atom. The van der Waals surface area contributed by atoms with Gasteiger partial charge in [-0.15, -0.1) is 0 Å². The van der Waals surface area contributed by atoms with Crippen LogP contribution in [0.4, 0.5) is 10.1 Å². The number of benzene rings is 2. The van der Waals surface area contributed by atoms with E-state index in [0.29, 0.717) is 10.0 Å². The smallest absolute Gasteiger partial charge is 0.339 e. The molecule has 0 heterocycles. The average molecular weight is 478 g/mol. The maximum Gasteiger partial charge on any atom is 0.339 e. The molecule has 0 spiro atoms. The van der Waals surface area contributed by atoms with E-state index in [4.69, 9.17) is 4.74 Å². The normalized spacial score (nSPS) is 10.1. The number of rotatable bonds is 4. The number of esters is 1. The minimum absolute atomic E-state index is 0.0264. The van der Waals surface area contributed by atoms with E-state index < -0.39 is 24.3 Å². The summed E-state index contributed by atoms with van der Waals surface area (Å²) < 4.78 is 19.8. The van der Waals surface area contributed by atoms with Crippen molar-refractivity contribution in [1.82, 2.24) is 0 Å². The minimum atomic E-state index is -0.611. The molecule has 4 nitrogen and oxygen atoms in total. The lowest BCUT2D eigenvalue weighted by molar-refractivity contribution is -0.119. The molecule has 0 saturated carbocycles. The third-order valence-corrected chi connectivity index (χ3v) is 4.07. The number of nitrogens with one attached hydrogen (secondary N) is 1. The highest BCUT2D eigenvalue weighted by molar-refractivity contribution is 14.1. The van der Waals surface area contributed by atoms with Crippen LogP contribution >= 0.6 is 38.5 Å². The van der Waals surface area contributed by atoms with Gasteiger partial charge in [-0.1, -0.05) is 28.1 Å². The first-order valence-electron chi connectivity index (χ1n) is 6.14. The van der Waals surface area contributed by atoms with Gasteiger partial charge in [-0.05, 0) is 52.9 Å². The lowest BCUT2D eigenvalue weighted by Crippen LogP contribution is -2.21. The molecule has 0 radical (unpaired) electrons. The van der Waals surface area contributed by atoms with Gasteiger partial charge in [0.1, 0.15) is 5.82 Å². The summed E-state index contributed by atoms with van der Waals surface area (Å²) in [5, 5.41) is 2.34. The predicted octanol–water partition coefficient (Wildman–Crippen LogP) is 3.99. The van der Waals surface area contributed by atoms with E-state index in [1.54, 1.807) is 30.3 Å². The van der Waals surface area contributed by atoms with Crippen molar-refractivity contribution in [2.75, 3.05) is 11.9 Å². The first kappa shape index (κ1) is 16.9. The lowest BCUT2D eigenvalue weighted by Gasteiger charge is -2.08. The highest BCUT2D eigenvalue weighted by Gasteiger charge is 2.14. The van der Waals surface area contributed by atoms with Gasteiger partial charge in [-0.25, -0.2) is 9.18 Å². The van der Waals surface area contributed by atoms with E-state index in [9.17, 15) is 14.0 Å². The summed E-state index contributed by atoms with van der Waals surface area (Å²) in [6.45, 7) is -0.487. The highest BCUT2D eigenvalue weighted by Crippen LogP contribution is 2.19. The van der Waals surface area contributed by atoms with Crippen LogP contribution in [0, 0.1) is 9.39 Å². The molecule has 2 aromatic carbocycles. The Bertz CT molecular complexity index is 724. The zero-order valence-electron chi connectivity index (χ0n) is 11.1. The van der Waals surface area contributed by atoms with E-state index in [-0.39, 0.29) is 5.69 Å². The van der Waals surface area contributed by atoms with Crippen molar-refractivity contribution in [3.8, 4) is 0 Å². The first-order valence-corrected chi connectivity index (χ1v) is 8.01. The van der Waals surface area contributed by atoms with Crippen molar-refractivity contribution in [3.05, 3.63) is 61.9 Å². The molecule has 2 aromatic rings. The largest absolute Gasteiger partial charge is 0.452 e. The van der Waals surface area contributed by atoms with Gasteiger partial charge in [0.15, 0.2) is 6.61 Å². The van der Waals surface area contributed by atoms with Gasteiger partial charge < -0.3 is 10.1 Å². The van der Waals surface area contributed by atoms with Crippen LogP contribution in [0.25, 0.3) is 0 Å². The molecule has 0 unspecified atom stereocenters. The quantitative estimate of drug-likeness (QED) is 0.535. The van der Waals surface area contributed by atoms with Crippen molar-refractivity contribution < 1.29 is 18.7 Å². The number of hydrogen-bond acceptors (Lipinski definition) is 3. The van der Waals surface area contributed by atoms with Gasteiger partial charge in [0, 0.05) is 8.04 Å². The van der Waals surface area contributed by atoms with E-state index in [0.717, 1.165) is 3.57 Å². The third kappa shape index (κ3) is 4.51. The highest BCUT2D eigenvalue weighted by atomic mass is 127. The Labute approximate surface area is 148 Å². The molecule has 0 aliphatic heterocycles. The third-order valence-electron chi connectivity index (χ3n) is 2.63. The van der Waals surface area contributed by atoms with E-state index in [2.05, 4.69) is 21.2 Å². The zero-order valence-corrected chi connectivity index (χ0v) is 14.9. The lowest BCUT2D eigenvalue weighted by atomic mass is 10.2. The Balaban J connectivity index is 1.93. The molecule has 0 fully saturated rings. The van der Waals surface area contributed by atoms with E-state index >= 15 is 0 Å². The van der Waals surface area contributed by atoms with Gasteiger partial charge >= 0.3 is 5.97 Å². The number of carbonyl (C=O) groups excluding carboxylic acids is 2. The van der Waals surface area contributed by atoms with Gasteiger partial charge in [0.25, 0.3) is 5.91 Å². The number of amides is 1. The van der Waals surface area contributed by atoms with Gasteiger partial charge in [0.2, 0.25) is 0 Å². The van der Waals surface area contributed by atoms with Crippen LogP contribution in [0.1, 0.15) is 10.4 Å². The molecule has 22 heavy (non-hydrogen) atoms.